The van der Waals surface area contributed by atoms with Crippen molar-refractivity contribution in [1.29, 1.82) is 0 Å². The number of likely N-dealkylation sites (N-methyl/N-ethyl adjacent to an activating group) is 2. The van der Waals surface area contributed by atoms with Crippen molar-refractivity contribution in [2.24, 2.45) is 0 Å². The lowest BCUT2D eigenvalue weighted by atomic mass is 9.94. The van der Waals surface area contributed by atoms with Crippen molar-refractivity contribution in [1.82, 2.24) is 9.80 Å². The van der Waals surface area contributed by atoms with Crippen molar-refractivity contribution in [3.05, 3.63) is 0 Å². The highest BCUT2D eigenvalue weighted by molar-refractivity contribution is 5.84. The van der Waals surface area contributed by atoms with Gasteiger partial charge in [0.2, 0.25) is 11.8 Å². The Labute approximate surface area is 126 Å². The summed E-state index contributed by atoms with van der Waals surface area (Å²) in [5.74, 6) is -1.13. The molecule has 1 N–H and O–H groups in total. The van der Waals surface area contributed by atoms with E-state index in [-0.39, 0.29) is 31.2 Å². The Bertz CT molecular complexity index is 378. The van der Waals surface area contributed by atoms with Crippen LogP contribution in [-0.2, 0) is 14.4 Å². The highest BCUT2D eigenvalue weighted by atomic mass is 16.4. The van der Waals surface area contributed by atoms with Crippen LogP contribution in [0.4, 0.5) is 0 Å². The van der Waals surface area contributed by atoms with E-state index in [1.165, 1.54) is 11.3 Å². The summed E-state index contributed by atoms with van der Waals surface area (Å²) in [6, 6.07) is 0.293. The maximum absolute atomic E-state index is 12.2. The molecular formula is C15H26N2O4. The van der Waals surface area contributed by atoms with Gasteiger partial charge in [0.1, 0.15) is 0 Å². The third kappa shape index (κ3) is 6.14. The van der Waals surface area contributed by atoms with Gasteiger partial charge in [0.05, 0.1) is 6.54 Å². The van der Waals surface area contributed by atoms with Crippen molar-refractivity contribution in [3.63, 3.8) is 0 Å². The van der Waals surface area contributed by atoms with E-state index in [0.717, 1.165) is 25.7 Å². The summed E-state index contributed by atoms with van der Waals surface area (Å²) in [6.45, 7) is 0.0684. The predicted octanol–water partition coefficient (Wildman–Crippen LogP) is 1.49. The molecule has 120 valence electrons. The van der Waals surface area contributed by atoms with Crippen molar-refractivity contribution in [3.8, 4) is 0 Å². The summed E-state index contributed by atoms with van der Waals surface area (Å²) in [4.78, 5) is 37.6. The fourth-order valence-corrected chi connectivity index (χ4v) is 2.66. The molecule has 1 saturated carbocycles. The second kappa shape index (κ2) is 8.64. The molecule has 0 heterocycles. The summed E-state index contributed by atoms with van der Waals surface area (Å²) >= 11 is 0. The maximum Gasteiger partial charge on any atom is 0.303 e. The average molecular weight is 298 g/mol. The molecular weight excluding hydrogens is 272 g/mol. The number of carbonyl (C=O) groups excluding carboxylic acids is 2. The molecule has 6 nitrogen and oxygen atoms in total. The molecule has 21 heavy (non-hydrogen) atoms. The Hall–Kier alpha value is -1.59. The second-order valence-electron chi connectivity index (χ2n) is 5.79. The van der Waals surface area contributed by atoms with Crippen molar-refractivity contribution < 1.29 is 19.5 Å². The summed E-state index contributed by atoms with van der Waals surface area (Å²) < 4.78 is 0. The van der Waals surface area contributed by atoms with Gasteiger partial charge in [-0.3, -0.25) is 14.4 Å². The third-order valence-electron chi connectivity index (χ3n) is 4.10. The highest BCUT2D eigenvalue weighted by Crippen LogP contribution is 2.21. The Morgan fingerprint density at radius 2 is 1.62 bits per heavy atom. The largest absolute Gasteiger partial charge is 0.481 e. The molecule has 1 fully saturated rings. The zero-order valence-electron chi connectivity index (χ0n) is 13.0. The van der Waals surface area contributed by atoms with Gasteiger partial charge in [0.15, 0.2) is 0 Å². The molecule has 0 aliphatic heterocycles. The predicted molar refractivity (Wildman–Crippen MR) is 78.8 cm³/mol. The molecule has 6 heteroatoms. The SMILES string of the molecule is CN(CC(=O)N(C)C1CCCCC1)C(=O)CCCC(=O)O. The quantitative estimate of drug-likeness (QED) is 0.772. The van der Waals surface area contributed by atoms with E-state index in [9.17, 15) is 14.4 Å². The zero-order valence-corrected chi connectivity index (χ0v) is 13.0. The van der Waals surface area contributed by atoms with Gasteiger partial charge < -0.3 is 14.9 Å². The normalized spacial score (nSPS) is 15.5. The average Bonchev–Trinajstić information content (AvgIpc) is 2.46. The fourth-order valence-electron chi connectivity index (χ4n) is 2.66. The van der Waals surface area contributed by atoms with Crippen LogP contribution >= 0.6 is 0 Å². The summed E-state index contributed by atoms with van der Waals surface area (Å²) in [5.41, 5.74) is 0. The Morgan fingerprint density at radius 1 is 1.00 bits per heavy atom. The number of carbonyl (C=O) groups is 3. The van der Waals surface area contributed by atoms with Crippen molar-refractivity contribution >= 4 is 17.8 Å². The Balaban J connectivity index is 2.34. The summed E-state index contributed by atoms with van der Waals surface area (Å²) in [6.07, 6.45) is 6.10. The van der Waals surface area contributed by atoms with Crippen LogP contribution in [-0.4, -0.2) is 59.4 Å². The van der Waals surface area contributed by atoms with Gasteiger partial charge in [-0.2, -0.15) is 0 Å². The number of hydrogen-bond donors (Lipinski definition) is 1. The molecule has 0 unspecified atom stereocenters. The minimum absolute atomic E-state index is 0.0183. The highest BCUT2D eigenvalue weighted by Gasteiger charge is 2.23. The first-order valence-electron chi connectivity index (χ1n) is 7.63. The number of aliphatic carboxylic acids is 1. The molecule has 2 amide bonds. The van der Waals surface area contributed by atoms with E-state index >= 15 is 0 Å². The molecule has 0 bridgehead atoms. The van der Waals surface area contributed by atoms with E-state index in [4.69, 9.17) is 5.11 Å². The van der Waals surface area contributed by atoms with Crippen LogP contribution in [0.15, 0.2) is 0 Å². The Morgan fingerprint density at radius 3 is 2.19 bits per heavy atom. The molecule has 0 aromatic carbocycles. The van der Waals surface area contributed by atoms with E-state index < -0.39 is 5.97 Å². The molecule has 0 atom stereocenters. The summed E-state index contributed by atoms with van der Waals surface area (Å²) in [5, 5.41) is 8.54. The van der Waals surface area contributed by atoms with Gasteiger partial charge in [0, 0.05) is 33.0 Å². The molecule has 1 aliphatic carbocycles. The van der Waals surface area contributed by atoms with Crippen LogP contribution in [0.3, 0.4) is 0 Å². The minimum atomic E-state index is -0.904. The van der Waals surface area contributed by atoms with Crippen LogP contribution in [0.5, 0.6) is 0 Å². The number of carboxylic acid groups (broad SMARTS) is 1. The van der Waals surface area contributed by atoms with E-state index in [1.807, 2.05) is 0 Å². The zero-order chi connectivity index (χ0) is 15.8. The smallest absolute Gasteiger partial charge is 0.303 e. The molecule has 1 rings (SSSR count). The first kappa shape index (κ1) is 17.5. The summed E-state index contributed by atoms with van der Waals surface area (Å²) in [7, 11) is 3.40. The van der Waals surface area contributed by atoms with Crippen molar-refractivity contribution in [2.75, 3.05) is 20.6 Å². The number of carboxylic acids is 1. The number of amides is 2. The van der Waals surface area contributed by atoms with Crippen LogP contribution in [0, 0.1) is 0 Å². The first-order chi connectivity index (χ1) is 9.91. The van der Waals surface area contributed by atoms with E-state index in [0.29, 0.717) is 12.5 Å². The fraction of sp³-hybridized carbons (Fsp3) is 0.800. The topological polar surface area (TPSA) is 77.9 Å². The Kier molecular flexibility index (Phi) is 7.19. The monoisotopic (exact) mass is 298 g/mol. The van der Waals surface area contributed by atoms with Gasteiger partial charge >= 0.3 is 5.97 Å². The number of rotatable bonds is 7. The van der Waals surface area contributed by atoms with Crippen LogP contribution < -0.4 is 0 Å². The second-order valence-corrected chi connectivity index (χ2v) is 5.79. The van der Waals surface area contributed by atoms with Crippen LogP contribution in [0.2, 0.25) is 0 Å². The lowest BCUT2D eigenvalue weighted by Crippen LogP contribution is -2.44. The first-order valence-corrected chi connectivity index (χ1v) is 7.63. The molecule has 0 spiro atoms. The van der Waals surface area contributed by atoms with Gasteiger partial charge in [-0.1, -0.05) is 19.3 Å². The third-order valence-corrected chi connectivity index (χ3v) is 4.10. The van der Waals surface area contributed by atoms with Gasteiger partial charge in [0.25, 0.3) is 0 Å². The standard InChI is InChI=1S/C15H26N2O4/c1-16(13(18)9-6-10-15(20)21)11-14(19)17(2)12-7-4-3-5-8-12/h12H,3-11H2,1-2H3,(H,20,21). The molecule has 0 aromatic heterocycles. The minimum Gasteiger partial charge on any atom is -0.481 e. The van der Waals surface area contributed by atoms with Gasteiger partial charge in [-0.15, -0.1) is 0 Å². The van der Waals surface area contributed by atoms with E-state index in [1.54, 1.807) is 19.0 Å². The van der Waals surface area contributed by atoms with E-state index in [2.05, 4.69) is 0 Å². The van der Waals surface area contributed by atoms with Crippen molar-refractivity contribution in [2.45, 2.75) is 57.4 Å². The molecule has 1 aliphatic rings. The maximum atomic E-state index is 12.2. The molecule has 0 aromatic rings. The van der Waals surface area contributed by atoms with Gasteiger partial charge in [-0.05, 0) is 19.3 Å². The van der Waals surface area contributed by atoms with Crippen LogP contribution in [0.25, 0.3) is 0 Å². The van der Waals surface area contributed by atoms with Crippen LogP contribution in [0.1, 0.15) is 51.4 Å². The molecule has 0 saturated heterocycles. The number of hydrogen-bond acceptors (Lipinski definition) is 3. The molecule has 0 radical (unpaired) electrons. The number of nitrogens with zero attached hydrogens (tertiary/aromatic N) is 2. The lowest BCUT2D eigenvalue weighted by Gasteiger charge is -2.32. The van der Waals surface area contributed by atoms with Gasteiger partial charge in [-0.25, -0.2) is 0 Å². The lowest BCUT2D eigenvalue weighted by molar-refractivity contribution is -0.141.